The normalized spacial score (nSPS) is 14.5. The summed E-state index contributed by atoms with van der Waals surface area (Å²) in [6.45, 7) is 4.05. The number of rotatable bonds is 5. The molecule has 82 valence electrons. The molecule has 1 heterocycles. The molecule has 0 radical (unpaired) electrons. The van der Waals surface area contributed by atoms with Crippen LogP contribution in [-0.4, -0.2) is 16.1 Å². The van der Waals surface area contributed by atoms with Crippen LogP contribution >= 0.6 is 0 Å². The van der Waals surface area contributed by atoms with Gasteiger partial charge in [0.05, 0.1) is 5.92 Å². The number of hydrogen-bond donors (Lipinski definition) is 1. The molecule has 0 bridgehead atoms. The average Bonchev–Trinajstić information content (AvgIpc) is 2.19. The van der Waals surface area contributed by atoms with Gasteiger partial charge >= 0.3 is 5.97 Å². The molecule has 1 N–H and O–H groups in total. The predicted molar refractivity (Wildman–Crippen MR) is 58.7 cm³/mol. The lowest BCUT2D eigenvalue weighted by Crippen LogP contribution is -2.19. The Kier molecular flexibility index (Phi) is 4.28. The zero-order chi connectivity index (χ0) is 11.3. The lowest BCUT2D eigenvalue weighted by Gasteiger charge is -2.19. The minimum absolute atomic E-state index is 0.150. The Morgan fingerprint density at radius 2 is 2.33 bits per heavy atom. The Balaban J connectivity index is 2.88. The largest absolute Gasteiger partial charge is 0.481 e. The van der Waals surface area contributed by atoms with E-state index in [0.29, 0.717) is 0 Å². The van der Waals surface area contributed by atoms with Crippen molar-refractivity contribution < 1.29 is 9.90 Å². The second-order valence-electron chi connectivity index (χ2n) is 3.87. The zero-order valence-electron chi connectivity index (χ0n) is 9.18. The number of carboxylic acid groups (broad SMARTS) is 1. The topological polar surface area (TPSA) is 50.2 Å². The highest BCUT2D eigenvalue weighted by Gasteiger charge is 2.25. The van der Waals surface area contributed by atoms with Gasteiger partial charge in [-0.05, 0) is 24.0 Å². The van der Waals surface area contributed by atoms with Gasteiger partial charge in [0.1, 0.15) is 0 Å². The van der Waals surface area contributed by atoms with Gasteiger partial charge in [-0.1, -0.05) is 26.3 Å². The van der Waals surface area contributed by atoms with Gasteiger partial charge in [0.15, 0.2) is 0 Å². The number of hydrogen-bond acceptors (Lipinski definition) is 2. The van der Waals surface area contributed by atoms with E-state index in [-0.39, 0.29) is 5.92 Å². The summed E-state index contributed by atoms with van der Waals surface area (Å²) < 4.78 is 0. The van der Waals surface area contributed by atoms with Crippen LogP contribution in [0.2, 0.25) is 0 Å². The standard InChI is InChI=1S/C12H17NO2/c1-3-5-9(2)11(12(14)15)10-6-4-7-13-8-10/h4,6-9,11H,3,5H2,1-2H3,(H,14,15). The summed E-state index contributed by atoms with van der Waals surface area (Å²) >= 11 is 0. The van der Waals surface area contributed by atoms with Crippen LogP contribution in [0.15, 0.2) is 24.5 Å². The van der Waals surface area contributed by atoms with Crippen molar-refractivity contribution in [1.82, 2.24) is 4.98 Å². The monoisotopic (exact) mass is 207 g/mol. The van der Waals surface area contributed by atoms with Crippen molar-refractivity contribution in [1.29, 1.82) is 0 Å². The first-order valence-corrected chi connectivity index (χ1v) is 5.29. The summed E-state index contributed by atoms with van der Waals surface area (Å²) in [5.41, 5.74) is 0.797. The van der Waals surface area contributed by atoms with Crippen molar-refractivity contribution >= 4 is 5.97 Å². The highest BCUT2D eigenvalue weighted by atomic mass is 16.4. The molecule has 1 aromatic heterocycles. The molecule has 0 saturated heterocycles. The molecular formula is C12H17NO2. The molecule has 0 saturated carbocycles. The summed E-state index contributed by atoms with van der Waals surface area (Å²) in [4.78, 5) is 15.2. The van der Waals surface area contributed by atoms with Crippen molar-refractivity contribution in [2.45, 2.75) is 32.6 Å². The van der Waals surface area contributed by atoms with Crippen LogP contribution in [-0.2, 0) is 4.79 Å². The summed E-state index contributed by atoms with van der Waals surface area (Å²) in [5, 5.41) is 9.20. The maximum atomic E-state index is 11.2. The molecule has 0 aliphatic heterocycles. The van der Waals surface area contributed by atoms with Gasteiger partial charge < -0.3 is 5.11 Å². The molecule has 0 amide bonds. The molecule has 0 fully saturated rings. The third kappa shape index (κ3) is 3.05. The van der Waals surface area contributed by atoms with E-state index < -0.39 is 11.9 Å². The SMILES string of the molecule is CCCC(C)C(C(=O)O)c1cccnc1. The maximum absolute atomic E-state index is 11.2. The molecule has 15 heavy (non-hydrogen) atoms. The molecule has 1 aromatic rings. The van der Waals surface area contributed by atoms with Crippen LogP contribution in [0.4, 0.5) is 0 Å². The van der Waals surface area contributed by atoms with Crippen LogP contribution < -0.4 is 0 Å². The van der Waals surface area contributed by atoms with E-state index in [2.05, 4.69) is 11.9 Å². The fraction of sp³-hybridized carbons (Fsp3) is 0.500. The Labute approximate surface area is 90.2 Å². The Bertz CT molecular complexity index is 311. The van der Waals surface area contributed by atoms with Crippen molar-refractivity contribution in [3.63, 3.8) is 0 Å². The molecule has 2 unspecified atom stereocenters. The molecule has 0 spiro atoms. The zero-order valence-corrected chi connectivity index (χ0v) is 9.18. The first kappa shape index (κ1) is 11.7. The summed E-state index contributed by atoms with van der Waals surface area (Å²) in [6, 6.07) is 3.61. The van der Waals surface area contributed by atoms with Crippen molar-refractivity contribution in [2.24, 2.45) is 5.92 Å². The lowest BCUT2D eigenvalue weighted by atomic mass is 9.85. The van der Waals surface area contributed by atoms with Gasteiger partial charge in [-0.3, -0.25) is 9.78 Å². The number of carbonyl (C=O) groups is 1. The molecule has 0 aliphatic carbocycles. The van der Waals surface area contributed by atoms with E-state index in [4.69, 9.17) is 0 Å². The summed E-state index contributed by atoms with van der Waals surface area (Å²) in [7, 11) is 0. The van der Waals surface area contributed by atoms with E-state index in [1.165, 1.54) is 0 Å². The van der Waals surface area contributed by atoms with Crippen molar-refractivity contribution in [2.75, 3.05) is 0 Å². The second kappa shape index (κ2) is 5.49. The van der Waals surface area contributed by atoms with Crippen LogP contribution in [0.1, 0.15) is 38.2 Å². The fourth-order valence-corrected chi connectivity index (χ4v) is 1.90. The van der Waals surface area contributed by atoms with Gasteiger partial charge in [0, 0.05) is 12.4 Å². The van der Waals surface area contributed by atoms with Gasteiger partial charge in [0.25, 0.3) is 0 Å². The van der Waals surface area contributed by atoms with Crippen molar-refractivity contribution in [3.8, 4) is 0 Å². The first-order chi connectivity index (χ1) is 7.16. The van der Waals surface area contributed by atoms with Gasteiger partial charge in [-0.15, -0.1) is 0 Å². The van der Waals surface area contributed by atoms with Crippen LogP contribution in [0.3, 0.4) is 0 Å². The molecule has 0 aromatic carbocycles. The Morgan fingerprint density at radius 1 is 1.60 bits per heavy atom. The van der Waals surface area contributed by atoms with Gasteiger partial charge in [-0.25, -0.2) is 0 Å². The number of aliphatic carboxylic acids is 1. The second-order valence-corrected chi connectivity index (χ2v) is 3.87. The lowest BCUT2D eigenvalue weighted by molar-refractivity contribution is -0.140. The molecule has 2 atom stereocenters. The number of nitrogens with zero attached hydrogens (tertiary/aromatic N) is 1. The quantitative estimate of drug-likeness (QED) is 0.807. The van der Waals surface area contributed by atoms with Gasteiger partial charge in [-0.2, -0.15) is 0 Å². The predicted octanol–water partition coefficient (Wildman–Crippen LogP) is 2.69. The van der Waals surface area contributed by atoms with Crippen molar-refractivity contribution in [3.05, 3.63) is 30.1 Å². The summed E-state index contributed by atoms with van der Waals surface area (Å²) in [6.07, 6.45) is 5.23. The molecule has 3 nitrogen and oxygen atoms in total. The third-order valence-corrected chi connectivity index (χ3v) is 2.62. The van der Waals surface area contributed by atoms with E-state index in [0.717, 1.165) is 18.4 Å². The Morgan fingerprint density at radius 3 is 2.80 bits per heavy atom. The number of aromatic nitrogens is 1. The van der Waals surface area contributed by atoms with E-state index >= 15 is 0 Å². The fourth-order valence-electron chi connectivity index (χ4n) is 1.90. The summed E-state index contributed by atoms with van der Waals surface area (Å²) in [5.74, 6) is -1.04. The Hall–Kier alpha value is -1.38. The minimum Gasteiger partial charge on any atom is -0.481 e. The van der Waals surface area contributed by atoms with E-state index in [1.54, 1.807) is 18.5 Å². The van der Waals surface area contributed by atoms with Crippen LogP contribution in [0.25, 0.3) is 0 Å². The molecule has 0 aliphatic rings. The van der Waals surface area contributed by atoms with E-state index in [9.17, 15) is 9.90 Å². The smallest absolute Gasteiger partial charge is 0.311 e. The van der Waals surface area contributed by atoms with Gasteiger partial charge in [0.2, 0.25) is 0 Å². The maximum Gasteiger partial charge on any atom is 0.311 e. The van der Waals surface area contributed by atoms with Crippen LogP contribution in [0.5, 0.6) is 0 Å². The number of pyridine rings is 1. The molecule has 1 rings (SSSR count). The van der Waals surface area contributed by atoms with E-state index in [1.807, 2.05) is 13.0 Å². The third-order valence-electron chi connectivity index (χ3n) is 2.62. The molecule has 3 heteroatoms. The first-order valence-electron chi connectivity index (χ1n) is 5.29. The highest BCUT2D eigenvalue weighted by molar-refractivity contribution is 5.76. The molecular weight excluding hydrogens is 190 g/mol. The average molecular weight is 207 g/mol. The highest BCUT2D eigenvalue weighted by Crippen LogP contribution is 2.27. The van der Waals surface area contributed by atoms with Crippen LogP contribution in [0, 0.1) is 5.92 Å². The number of carboxylic acids is 1. The minimum atomic E-state index is -0.760.